The number of likely N-dealkylation sites (N-methyl/N-ethyl adjacent to an activating group) is 1. The smallest absolute Gasteiger partial charge is 0.462 e. The number of hydrogen-bond acceptors (Lipinski definition) is 7. The lowest BCUT2D eigenvalue weighted by molar-refractivity contribution is -0.870. The molecule has 0 amide bonds. The quantitative estimate of drug-likeness (QED) is 0.0211. The highest BCUT2D eigenvalue weighted by Crippen LogP contribution is 2.43. The molecule has 79 heavy (non-hydrogen) atoms. The number of unbranched alkanes of at least 4 members (excludes halogenated alkanes) is 32. The van der Waals surface area contributed by atoms with Crippen molar-refractivity contribution < 1.29 is 42.1 Å². The van der Waals surface area contributed by atoms with Gasteiger partial charge >= 0.3 is 19.8 Å². The Balaban J connectivity index is 4.10. The Hall–Kier alpha value is -2.81. The van der Waals surface area contributed by atoms with Crippen LogP contribution in [-0.2, 0) is 32.7 Å². The fourth-order valence-electron chi connectivity index (χ4n) is 9.18. The Morgan fingerprint density at radius 2 is 0.722 bits per heavy atom. The van der Waals surface area contributed by atoms with Gasteiger partial charge in [-0.1, -0.05) is 298 Å². The van der Waals surface area contributed by atoms with Crippen molar-refractivity contribution in [3.63, 3.8) is 0 Å². The fraction of sp³-hybridized carbons (Fsp3) is 0.768. The third-order valence-corrected chi connectivity index (χ3v) is 15.2. The van der Waals surface area contributed by atoms with E-state index < -0.39 is 26.5 Å². The van der Waals surface area contributed by atoms with Crippen LogP contribution in [0.4, 0.5) is 0 Å². The van der Waals surface area contributed by atoms with Gasteiger partial charge in [-0.25, -0.2) is 4.57 Å². The van der Waals surface area contributed by atoms with Crippen molar-refractivity contribution in [1.29, 1.82) is 0 Å². The number of carbonyl (C=O) groups excluding carboxylic acids is 2. The molecule has 0 aromatic rings. The minimum absolute atomic E-state index is 0.0179. The van der Waals surface area contributed by atoms with Crippen LogP contribution < -0.4 is 0 Å². The summed E-state index contributed by atoms with van der Waals surface area (Å²) in [5, 5.41) is 0. The Kier molecular flexibility index (Phi) is 57.7. The molecule has 0 radical (unpaired) electrons. The number of ether oxygens (including phenoxy) is 2. The summed E-state index contributed by atoms with van der Waals surface area (Å²) in [6.07, 6.45) is 81.3. The van der Waals surface area contributed by atoms with Crippen molar-refractivity contribution in [3.05, 3.63) is 85.1 Å². The van der Waals surface area contributed by atoms with Crippen molar-refractivity contribution in [2.75, 3.05) is 47.5 Å². The number of nitrogens with zero attached hydrogens (tertiary/aromatic N) is 1. The highest BCUT2D eigenvalue weighted by molar-refractivity contribution is 7.47. The molecule has 0 aliphatic rings. The maximum Gasteiger partial charge on any atom is 0.472 e. The lowest BCUT2D eigenvalue weighted by atomic mass is 10.0. The molecule has 0 rings (SSSR count). The summed E-state index contributed by atoms with van der Waals surface area (Å²) in [7, 11) is 1.44. The van der Waals surface area contributed by atoms with Crippen LogP contribution in [0.25, 0.3) is 0 Å². The van der Waals surface area contributed by atoms with E-state index in [2.05, 4.69) is 98.9 Å². The minimum Gasteiger partial charge on any atom is -0.462 e. The Labute approximate surface area is 488 Å². The molecule has 0 spiro atoms. The summed E-state index contributed by atoms with van der Waals surface area (Å²) in [6.45, 7) is 4.28. The summed E-state index contributed by atoms with van der Waals surface area (Å²) < 4.78 is 34.6. The first kappa shape index (κ1) is 76.2. The molecule has 0 fully saturated rings. The van der Waals surface area contributed by atoms with Crippen molar-refractivity contribution in [2.45, 2.75) is 296 Å². The number of quaternary nitrogens is 1. The summed E-state index contributed by atoms with van der Waals surface area (Å²) in [5.41, 5.74) is 0. The van der Waals surface area contributed by atoms with E-state index in [1.807, 2.05) is 21.1 Å². The molecule has 0 saturated heterocycles. The topological polar surface area (TPSA) is 108 Å². The zero-order chi connectivity index (χ0) is 57.7. The predicted molar refractivity (Wildman–Crippen MR) is 339 cm³/mol. The molecule has 10 heteroatoms. The molecule has 0 aromatic carbocycles. The van der Waals surface area contributed by atoms with E-state index in [1.54, 1.807) is 0 Å². The van der Waals surface area contributed by atoms with Crippen LogP contribution >= 0.6 is 7.82 Å². The second-order valence-electron chi connectivity index (χ2n) is 23.1. The van der Waals surface area contributed by atoms with E-state index in [4.69, 9.17) is 18.5 Å². The first-order valence-corrected chi connectivity index (χ1v) is 34.3. The number of esters is 2. The van der Waals surface area contributed by atoms with Crippen molar-refractivity contribution in [1.82, 2.24) is 0 Å². The van der Waals surface area contributed by atoms with Crippen LogP contribution in [0.15, 0.2) is 85.1 Å². The van der Waals surface area contributed by atoms with Gasteiger partial charge in [0.15, 0.2) is 6.10 Å². The van der Waals surface area contributed by atoms with Crippen molar-refractivity contribution >= 4 is 19.8 Å². The van der Waals surface area contributed by atoms with Gasteiger partial charge in [0.05, 0.1) is 27.7 Å². The van der Waals surface area contributed by atoms with Gasteiger partial charge in [-0.3, -0.25) is 18.6 Å². The van der Waals surface area contributed by atoms with Crippen LogP contribution in [0.3, 0.4) is 0 Å². The van der Waals surface area contributed by atoms with Crippen LogP contribution in [0.1, 0.15) is 290 Å². The zero-order valence-corrected chi connectivity index (χ0v) is 53.0. The highest BCUT2D eigenvalue weighted by atomic mass is 31.2. The molecule has 0 heterocycles. The number of carbonyl (C=O) groups is 2. The fourth-order valence-corrected chi connectivity index (χ4v) is 9.93. The first-order chi connectivity index (χ1) is 38.5. The minimum atomic E-state index is -4.41. The maximum absolute atomic E-state index is 12.8. The van der Waals surface area contributed by atoms with E-state index >= 15 is 0 Å². The maximum atomic E-state index is 12.8. The van der Waals surface area contributed by atoms with E-state index in [-0.39, 0.29) is 32.0 Å². The summed E-state index contributed by atoms with van der Waals surface area (Å²) in [4.78, 5) is 35.7. The third-order valence-electron chi connectivity index (χ3n) is 14.2. The number of rotatable bonds is 60. The standard InChI is InChI=1S/C69H124NO8P/c1-6-8-10-12-14-16-18-20-22-24-26-28-30-31-32-33-34-35-36-37-38-40-41-43-45-47-49-51-53-55-57-59-61-68(71)75-65-67(66-77-79(73,74)76-64-63-70(3,4)5)78-69(72)62-60-58-56-54-52-50-48-46-44-42-39-29-27-25-23-21-19-17-15-13-11-9-7-2/h9,11,15,17,21,23,27,29,42,44,48,50,54,56,67H,6-8,10,12-14,16,18-20,22,24-26,28,30-41,43,45-47,49,51-53,55,57-66H2,1-5H3/p+1/b11-9-,17-15-,23-21-,29-27-,44-42-,50-48-,56-54-. The van der Waals surface area contributed by atoms with Gasteiger partial charge in [-0.15, -0.1) is 0 Å². The summed E-state index contributed by atoms with van der Waals surface area (Å²) in [6, 6.07) is 0. The Morgan fingerprint density at radius 3 is 1.06 bits per heavy atom. The molecule has 9 nitrogen and oxygen atoms in total. The highest BCUT2D eigenvalue weighted by Gasteiger charge is 2.27. The average molecular weight is 1130 g/mol. The van der Waals surface area contributed by atoms with E-state index in [0.29, 0.717) is 23.9 Å². The van der Waals surface area contributed by atoms with Crippen LogP contribution in [0.5, 0.6) is 0 Å². The van der Waals surface area contributed by atoms with Gasteiger partial charge in [0.2, 0.25) is 0 Å². The van der Waals surface area contributed by atoms with Gasteiger partial charge < -0.3 is 18.9 Å². The molecular weight excluding hydrogens is 1000 g/mol. The number of phosphoric acid groups is 1. The van der Waals surface area contributed by atoms with Crippen LogP contribution in [0.2, 0.25) is 0 Å². The second-order valence-corrected chi connectivity index (χ2v) is 24.6. The summed E-state index contributed by atoms with van der Waals surface area (Å²) in [5.74, 6) is -0.861. The molecular formula is C69H125NO8P+. The monoisotopic (exact) mass is 1130 g/mol. The van der Waals surface area contributed by atoms with Gasteiger partial charge in [0.25, 0.3) is 0 Å². The molecule has 0 saturated carbocycles. The molecule has 0 aliphatic heterocycles. The zero-order valence-electron chi connectivity index (χ0n) is 52.1. The lowest BCUT2D eigenvalue weighted by Gasteiger charge is -2.24. The van der Waals surface area contributed by atoms with Gasteiger partial charge in [-0.05, 0) is 64.2 Å². The molecule has 0 aliphatic carbocycles. The van der Waals surface area contributed by atoms with Gasteiger partial charge in [-0.2, -0.15) is 0 Å². The predicted octanol–water partition coefficient (Wildman–Crippen LogP) is 21.0. The molecule has 458 valence electrons. The molecule has 2 unspecified atom stereocenters. The SMILES string of the molecule is CC/C=C\C/C=C\C/C=C\C/C=C\C/C=C\C/C=C\C/C=C\CCCC(=O)OC(COC(=O)CCCCCCCCCCCCCCCCCCCCCCCCCCCCCCCCCC)COP(=O)(O)OCC[N+](C)(C)C. The van der Waals surface area contributed by atoms with E-state index in [9.17, 15) is 19.0 Å². The van der Waals surface area contributed by atoms with Gasteiger partial charge in [0, 0.05) is 12.8 Å². The van der Waals surface area contributed by atoms with E-state index in [0.717, 1.165) is 64.2 Å². The molecule has 0 aromatic heterocycles. The number of phosphoric ester groups is 1. The molecule has 0 bridgehead atoms. The van der Waals surface area contributed by atoms with Crippen LogP contribution in [0, 0.1) is 0 Å². The van der Waals surface area contributed by atoms with Gasteiger partial charge in [0.1, 0.15) is 19.8 Å². The number of allylic oxidation sites excluding steroid dienone is 14. The second kappa shape index (κ2) is 59.8. The van der Waals surface area contributed by atoms with Crippen LogP contribution in [-0.4, -0.2) is 74.9 Å². The molecule has 1 N–H and O–H groups in total. The third kappa shape index (κ3) is 64.2. The van der Waals surface area contributed by atoms with Crippen molar-refractivity contribution in [3.8, 4) is 0 Å². The Bertz CT molecular complexity index is 1610. The largest absolute Gasteiger partial charge is 0.472 e. The van der Waals surface area contributed by atoms with E-state index in [1.165, 1.54) is 186 Å². The first-order valence-electron chi connectivity index (χ1n) is 32.8. The normalized spacial score (nSPS) is 13.7. The number of hydrogen-bond donors (Lipinski definition) is 1. The average Bonchev–Trinajstić information content (AvgIpc) is 3.41. The Morgan fingerprint density at radius 1 is 0.405 bits per heavy atom. The lowest BCUT2D eigenvalue weighted by Crippen LogP contribution is -2.37. The van der Waals surface area contributed by atoms with Crippen molar-refractivity contribution in [2.24, 2.45) is 0 Å². The molecule has 2 atom stereocenters. The summed E-state index contributed by atoms with van der Waals surface area (Å²) >= 11 is 0.